The molecule has 1 aromatic heterocycles. The van der Waals surface area contributed by atoms with Crippen molar-refractivity contribution in [2.75, 3.05) is 6.61 Å². The fourth-order valence-electron chi connectivity index (χ4n) is 0.801. The monoisotopic (exact) mass is 251 g/mol. The van der Waals surface area contributed by atoms with E-state index in [9.17, 15) is 8.78 Å². The van der Waals surface area contributed by atoms with Crippen molar-refractivity contribution < 1.29 is 13.5 Å². The minimum Gasteiger partial charge on any atom is -0.371 e. The van der Waals surface area contributed by atoms with Crippen molar-refractivity contribution in [2.24, 2.45) is 0 Å². The van der Waals surface area contributed by atoms with E-state index in [0.29, 0.717) is 0 Å². The SMILES string of the molecule is FC(F)COCc1cncc(Br)c1. The second kappa shape index (κ2) is 5.24. The van der Waals surface area contributed by atoms with Gasteiger partial charge in [0.25, 0.3) is 6.43 Å². The molecule has 2 nitrogen and oxygen atoms in total. The second-order valence-corrected chi connectivity index (χ2v) is 3.33. The zero-order valence-electron chi connectivity index (χ0n) is 6.71. The summed E-state index contributed by atoms with van der Waals surface area (Å²) in [4.78, 5) is 3.87. The summed E-state index contributed by atoms with van der Waals surface area (Å²) in [5.74, 6) is 0. The van der Waals surface area contributed by atoms with Crippen LogP contribution in [0.25, 0.3) is 0 Å². The summed E-state index contributed by atoms with van der Waals surface area (Å²) in [6, 6.07) is 1.78. The second-order valence-electron chi connectivity index (χ2n) is 2.42. The predicted octanol–water partition coefficient (Wildman–Crippen LogP) is 2.63. The molecule has 0 saturated heterocycles. The molecule has 0 amide bonds. The molecule has 0 N–H and O–H groups in total. The molecule has 0 saturated carbocycles. The van der Waals surface area contributed by atoms with Gasteiger partial charge in [-0.2, -0.15) is 0 Å². The quantitative estimate of drug-likeness (QED) is 0.821. The molecule has 0 unspecified atom stereocenters. The van der Waals surface area contributed by atoms with E-state index in [-0.39, 0.29) is 6.61 Å². The number of rotatable bonds is 4. The van der Waals surface area contributed by atoms with Gasteiger partial charge in [0.05, 0.1) is 6.61 Å². The molecule has 5 heteroatoms. The maximum Gasteiger partial charge on any atom is 0.261 e. The molecular weight excluding hydrogens is 244 g/mol. The molecule has 1 rings (SSSR count). The zero-order chi connectivity index (χ0) is 9.68. The minimum atomic E-state index is -2.42. The number of alkyl halides is 2. The Kier molecular flexibility index (Phi) is 4.24. The highest BCUT2D eigenvalue weighted by atomic mass is 79.9. The lowest BCUT2D eigenvalue weighted by Crippen LogP contribution is -2.04. The standard InChI is InChI=1S/C8H8BrF2NO/c9-7-1-6(2-12-3-7)4-13-5-8(10)11/h1-3,8H,4-5H2. The number of pyridine rings is 1. The highest BCUT2D eigenvalue weighted by molar-refractivity contribution is 9.10. The summed E-state index contributed by atoms with van der Waals surface area (Å²) in [5, 5.41) is 0. The Bertz CT molecular complexity index is 270. The van der Waals surface area contributed by atoms with Crippen LogP contribution in [0.4, 0.5) is 8.78 Å². The third-order valence-electron chi connectivity index (χ3n) is 1.27. The summed E-state index contributed by atoms with van der Waals surface area (Å²) < 4.78 is 28.9. The molecule has 0 spiro atoms. The molecule has 0 aromatic carbocycles. The van der Waals surface area contributed by atoms with Crippen LogP contribution in [-0.4, -0.2) is 18.0 Å². The fourth-order valence-corrected chi connectivity index (χ4v) is 1.21. The summed E-state index contributed by atoms with van der Waals surface area (Å²) >= 11 is 3.22. The molecule has 1 aromatic rings. The summed E-state index contributed by atoms with van der Waals surface area (Å²) in [5.41, 5.74) is 0.773. The molecule has 0 bridgehead atoms. The van der Waals surface area contributed by atoms with E-state index in [0.717, 1.165) is 10.0 Å². The smallest absolute Gasteiger partial charge is 0.261 e. The van der Waals surface area contributed by atoms with Crippen LogP contribution in [-0.2, 0) is 11.3 Å². The van der Waals surface area contributed by atoms with E-state index in [2.05, 4.69) is 20.9 Å². The molecule has 72 valence electrons. The Hall–Kier alpha value is -0.550. The number of ether oxygens (including phenoxy) is 1. The van der Waals surface area contributed by atoms with Crippen LogP contribution in [0.2, 0.25) is 0 Å². The van der Waals surface area contributed by atoms with Crippen LogP contribution >= 0.6 is 15.9 Å². The average Bonchev–Trinajstić information content (AvgIpc) is 2.03. The number of hydrogen-bond acceptors (Lipinski definition) is 2. The Balaban J connectivity index is 2.37. The molecule has 0 aliphatic rings. The van der Waals surface area contributed by atoms with Gasteiger partial charge >= 0.3 is 0 Å². The van der Waals surface area contributed by atoms with E-state index in [4.69, 9.17) is 4.74 Å². The summed E-state index contributed by atoms with van der Waals surface area (Å²) in [6.45, 7) is -0.372. The van der Waals surface area contributed by atoms with Crippen molar-refractivity contribution in [1.82, 2.24) is 4.98 Å². The van der Waals surface area contributed by atoms with Crippen LogP contribution in [0.3, 0.4) is 0 Å². The lowest BCUT2D eigenvalue weighted by atomic mass is 10.3. The maximum atomic E-state index is 11.7. The first kappa shape index (κ1) is 10.5. The van der Waals surface area contributed by atoms with Crippen molar-refractivity contribution in [3.8, 4) is 0 Å². The third kappa shape index (κ3) is 4.28. The Morgan fingerprint density at radius 2 is 2.23 bits per heavy atom. The number of nitrogens with zero attached hydrogens (tertiary/aromatic N) is 1. The molecule has 0 radical (unpaired) electrons. The van der Waals surface area contributed by atoms with E-state index in [1.165, 1.54) is 0 Å². The normalized spacial score (nSPS) is 10.8. The van der Waals surface area contributed by atoms with Gasteiger partial charge in [0.15, 0.2) is 0 Å². The molecule has 13 heavy (non-hydrogen) atoms. The van der Waals surface area contributed by atoms with Gasteiger partial charge in [-0.25, -0.2) is 8.78 Å². The predicted molar refractivity (Wildman–Crippen MR) is 47.6 cm³/mol. The average molecular weight is 252 g/mol. The van der Waals surface area contributed by atoms with Gasteiger partial charge in [-0.1, -0.05) is 0 Å². The summed E-state index contributed by atoms with van der Waals surface area (Å²) in [6.07, 6.45) is 0.785. The molecule has 0 atom stereocenters. The molecule has 1 heterocycles. The van der Waals surface area contributed by atoms with E-state index in [1.807, 2.05) is 0 Å². The number of halogens is 3. The molecular formula is C8H8BrF2NO. The lowest BCUT2D eigenvalue weighted by Gasteiger charge is -2.02. The third-order valence-corrected chi connectivity index (χ3v) is 1.71. The van der Waals surface area contributed by atoms with Crippen LogP contribution < -0.4 is 0 Å². The highest BCUT2D eigenvalue weighted by Gasteiger charge is 2.02. The van der Waals surface area contributed by atoms with E-state index < -0.39 is 13.0 Å². The van der Waals surface area contributed by atoms with Gasteiger partial charge in [0, 0.05) is 16.9 Å². The Labute approximate surface area is 83.1 Å². The van der Waals surface area contributed by atoms with Crippen molar-refractivity contribution >= 4 is 15.9 Å². The van der Waals surface area contributed by atoms with Gasteiger partial charge in [-0.15, -0.1) is 0 Å². The Morgan fingerprint density at radius 3 is 2.85 bits per heavy atom. The molecule has 0 aliphatic heterocycles. The zero-order valence-corrected chi connectivity index (χ0v) is 8.30. The highest BCUT2D eigenvalue weighted by Crippen LogP contribution is 2.10. The lowest BCUT2D eigenvalue weighted by molar-refractivity contribution is 0.00978. The first-order valence-corrected chi connectivity index (χ1v) is 4.43. The number of hydrogen-bond donors (Lipinski definition) is 0. The van der Waals surface area contributed by atoms with Gasteiger partial charge in [0.1, 0.15) is 6.61 Å². The van der Waals surface area contributed by atoms with Gasteiger partial charge in [0.2, 0.25) is 0 Å². The summed E-state index contributed by atoms with van der Waals surface area (Å²) in [7, 11) is 0. The number of aromatic nitrogens is 1. The fraction of sp³-hybridized carbons (Fsp3) is 0.375. The first-order chi connectivity index (χ1) is 6.18. The maximum absolute atomic E-state index is 11.7. The van der Waals surface area contributed by atoms with Crippen molar-refractivity contribution in [1.29, 1.82) is 0 Å². The topological polar surface area (TPSA) is 22.1 Å². The van der Waals surface area contributed by atoms with Crippen LogP contribution in [0.1, 0.15) is 5.56 Å². The van der Waals surface area contributed by atoms with Gasteiger partial charge in [-0.3, -0.25) is 4.98 Å². The molecule has 0 aliphatic carbocycles. The van der Waals surface area contributed by atoms with Crippen molar-refractivity contribution in [2.45, 2.75) is 13.0 Å². The first-order valence-electron chi connectivity index (χ1n) is 3.64. The van der Waals surface area contributed by atoms with Crippen LogP contribution in [0.15, 0.2) is 22.9 Å². The van der Waals surface area contributed by atoms with Crippen LogP contribution in [0.5, 0.6) is 0 Å². The van der Waals surface area contributed by atoms with Crippen molar-refractivity contribution in [3.63, 3.8) is 0 Å². The largest absolute Gasteiger partial charge is 0.371 e. The molecule has 0 fully saturated rings. The minimum absolute atomic E-state index is 0.163. The van der Waals surface area contributed by atoms with E-state index >= 15 is 0 Å². The van der Waals surface area contributed by atoms with E-state index in [1.54, 1.807) is 18.5 Å². The van der Waals surface area contributed by atoms with Gasteiger partial charge < -0.3 is 4.74 Å². The van der Waals surface area contributed by atoms with Gasteiger partial charge in [-0.05, 0) is 27.6 Å². The van der Waals surface area contributed by atoms with Crippen LogP contribution in [0, 0.1) is 0 Å². The Morgan fingerprint density at radius 1 is 1.46 bits per heavy atom. The van der Waals surface area contributed by atoms with Crippen molar-refractivity contribution in [3.05, 3.63) is 28.5 Å².